The molecular formula is C14H18BrNO2S. The van der Waals surface area contributed by atoms with Crippen LogP contribution < -0.4 is 4.72 Å². The first-order valence-corrected chi connectivity index (χ1v) is 9.07. The zero-order chi connectivity index (χ0) is 13.5. The van der Waals surface area contributed by atoms with Crippen LogP contribution in [0.15, 0.2) is 33.6 Å². The molecule has 2 fully saturated rings. The van der Waals surface area contributed by atoms with E-state index in [9.17, 15) is 8.42 Å². The number of sulfonamides is 1. The summed E-state index contributed by atoms with van der Waals surface area (Å²) in [5, 5.41) is 0. The SMILES string of the molecule is O=S(=O)(NCC1CC2CCC1C2)c1ccc(Br)cc1. The zero-order valence-electron chi connectivity index (χ0n) is 10.7. The predicted molar refractivity (Wildman–Crippen MR) is 78.3 cm³/mol. The number of benzene rings is 1. The summed E-state index contributed by atoms with van der Waals surface area (Å²) in [5.41, 5.74) is 0. The molecule has 104 valence electrons. The Morgan fingerprint density at radius 1 is 1.16 bits per heavy atom. The Bertz CT molecular complexity index is 555. The van der Waals surface area contributed by atoms with Crippen molar-refractivity contribution in [3.8, 4) is 0 Å². The molecule has 0 heterocycles. The fourth-order valence-corrected chi connectivity index (χ4v) is 4.90. The molecule has 3 unspecified atom stereocenters. The molecular weight excluding hydrogens is 326 g/mol. The average Bonchev–Trinajstić information content (AvgIpc) is 2.99. The van der Waals surface area contributed by atoms with Crippen LogP contribution in [0.1, 0.15) is 25.7 Å². The number of hydrogen-bond donors (Lipinski definition) is 1. The first-order valence-electron chi connectivity index (χ1n) is 6.80. The lowest BCUT2D eigenvalue weighted by molar-refractivity contribution is 0.333. The van der Waals surface area contributed by atoms with Crippen molar-refractivity contribution in [2.45, 2.75) is 30.6 Å². The number of nitrogens with one attached hydrogen (secondary N) is 1. The molecule has 19 heavy (non-hydrogen) atoms. The standard InChI is InChI=1S/C14H18BrNO2S/c15-13-3-5-14(6-4-13)19(17,18)16-9-12-8-10-1-2-11(12)7-10/h3-6,10-12,16H,1-2,7-9H2. The van der Waals surface area contributed by atoms with Gasteiger partial charge in [-0.1, -0.05) is 22.4 Å². The molecule has 1 aromatic carbocycles. The van der Waals surface area contributed by atoms with Crippen LogP contribution in [0.2, 0.25) is 0 Å². The molecule has 3 nitrogen and oxygen atoms in total. The lowest BCUT2D eigenvalue weighted by Gasteiger charge is -2.21. The first kappa shape index (κ1) is 13.6. The molecule has 1 N–H and O–H groups in total. The molecule has 0 aromatic heterocycles. The van der Waals surface area contributed by atoms with Crippen molar-refractivity contribution < 1.29 is 8.42 Å². The molecule has 1 aromatic rings. The Morgan fingerprint density at radius 3 is 2.47 bits per heavy atom. The van der Waals surface area contributed by atoms with E-state index >= 15 is 0 Å². The van der Waals surface area contributed by atoms with E-state index < -0.39 is 10.0 Å². The van der Waals surface area contributed by atoms with Crippen LogP contribution in [0.4, 0.5) is 0 Å². The van der Waals surface area contributed by atoms with Crippen molar-refractivity contribution >= 4 is 26.0 Å². The van der Waals surface area contributed by atoms with E-state index in [0.29, 0.717) is 17.4 Å². The van der Waals surface area contributed by atoms with Gasteiger partial charge in [0.25, 0.3) is 0 Å². The molecule has 2 aliphatic carbocycles. The Kier molecular flexibility index (Phi) is 3.71. The second kappa shape index (κ2) is 5.19. The predicted octanol–water partition coefficient (Wildman–Crippen LogP) is 3.16. The van der Waals surface area contributed by atoms with Gasteiger partial charge in [0.1, 0.15) is 0 Å². The van der Waals surface area contributed by atoms with E-state index in [4.69, 9.17) is 0 Å². The monoisotopic (exact) mass is 343 g/mol. The highest BCUT2D eigenvalue weighted by molar-refractivity contribution is 9.10. The van der Waals surface area contributed by atoms with E-state index in [0.717, 1.165) is 16.3 Å². The third-order valence-corrected chi connectivity index (χ3v) is 6.51. The van der Waals surface area contributed by atoms with Crippen molar-refractivity contribution in [3.05, 3.63) is 28.7 Å². The minimum Gasteiger partial charge on any atom is -0.211 e. The second-order valence-corrected chi connectivity index (χ2v) is 8.42. The zero-order valence-corrected chi connectivity index (χ0v) is 13.1. The molecule has 0 spiro atoms. The number of halogens is 1. The van der Waals surface area contributed by atoms with E-state index in [2.05, 4.69) is 20.7 Å². The highest BCUT2D eigenvalue weighted by Gasteiger charge is 2.39. The Hall–Kier alpha value is -0.390. The van der Waals surface area contributed by atoms with Gasteiger partial charge in [-0.15, -0.1) is 0 Å². The van der Waals surface area contributed by atoms with Crippen LogP contribution in [0.25, 0.3) is 0 Å². The van der Waals surface area contributed by atoms with Crippen molar-refractivity contribution in [1.29, 1.82) is 0 Å². The minimum atomic E-state index is -3.35. The summed E-state index contributed by atoms with van der Waals surface area (Å²) in [7, 11) is -3.35. The number of fused-ring (bicyclic) bond motifs is 2. The summed E-state index contributed by atoms with van der Waals surface area (Å²) >= 11 is 3.31. The van der Waals surface area contributed by atoms with Gasteiger partial charge >= 0.3 is 0 Å². The molecule has 2 saturated carbocycles. The maximum atomic E-state index is 12.2. The van der Waals surface area contributed by atoms with Crippen molar-refractivity contribution in [3.63, 3.8) is 0 Å². The second-order valence-electron chi connectivity index (χ2n) is 5.74. The summed E-state index contributed by atoms with van der Waals surface area (Å²) < 4.78 is 28.0. The molecule has 0 radical (unpaired) electrons. The summed E-state index contributed by atoms with van der Waals surface area (Å²) in [6.45, 7) is 0.597. The molecule has 2 aliphatic rings. The van der Waals surface area contributed by atoms with Crippen molar-refractivity contribution in [2.75, 3.05) is 6.54 Å². The smallest absolute Gasteiger partial charge is 0.211 e. The van der Waals surface area contributed by atoms with Gasteiger partial charge in [0.2, 0.25) is 10.0 Å². The summed E-state index contributed by atoms with van der Waals surface area (Å²) in [6, 6.07) is 6.78. The maximum absolute atomic E-state index is 12.2. The lowest BCUT2D eigenvalue weighted by atomic mass is 9.89. The first-order chi connectivity index (χ1) is 9.04. The lowest BCUT2D eigenvalue weighted by Crippen LogP contribution is -2.31. The van der Waals surface area contributed by atoms with Crippen LogP contribution in [0, 0.1) is 17.8 Å². The topological polar surface area (TPSA) is 46.2 Å². The fraction of sp³-hybridized carbons (Fsp3) is 0.571. The third kappa shape index (κ3) is 2.88. The normalized spacial score (nSPS) is 29.8. The summed E-state index contributed by atoms with van der Waals surface area (Å²) in [5.74, 6) is 2.15. The molecule has 0 saturated heterocycles. The third-order valence-electron chi connectivity index (χ3n) is 4.54. The Morgan fingerprint density at radius 2 is 1.89 bits per heavy atom. The van der Waals surface area contributed by atoms with Gasteiger partial charge in [0.05, 0.1) is 4.90 Å². The number of hydrogen-bond acceptors (Lipinski definition) is 2. The van der Waals surface area contributed by atoms with Crippen molar-refractivity contribution in [2.24, 2.45) is 17.8 Å². The van der Waals surface area contributed by atoms with E-state index in [1.54, 1.807) is 24.3 Å². The average molecular weight is 344 g/mol. The molecule has 2 bridgehead atoms. The Balaban J connectivity index is 1.64. The molecule has 3 atom stereocenters. The Labute approximate surface area is 123 Å². The van der Waals surface area contributed by atoms with E-state index in [-0.39, 0.29) is 0 Å². The summed E-state index contributed by atoms with van der Waals surface area (Å²) in [4.78, 5) is 0.346. The number of rotatable bonds is 4. The molecule has 0 amide bonds. The molecule has 3 rings (SSSR count). The van der Waals surface area contributed by atoms with Gasteiger partial charge in [0.15, 0.2) is 0 Å². The van der Waals surface area contributed by atoms with Gasteiger partial charge in [-0.2, -0.15) is 0 Å². The highest BCUT2D eigenvalue weighted by atomic mass is 79.9. The van der Waals surface area contributed by atoms with Crippen LogP contribution >= 0.6 is 15.9 Å². The highest BCUT2D eigenvalue weighted by Crippen LogP contribution is 2.48. The largest absolute Gasteiger partial charge is 0.240 e. The van der Waals surface area contributed by atoms with E-state index in [1.807, 2.05) is 0 Å². The van der Waals surface area contributed by atoms with Gasteiger partial charge < -0.3 is 0 Å². The molecule has 5 heteroatoms. The fourth-order valence-electron chi connectivity index (χ4n) is 3.54. The quantitative estimate of drug-likeness (QED) is 0.912. The van der Waals surface area contributed by atoms with Gasteiger partial charge in [-0.05, 0) is 61.3 Å². The van der Waals surface area contributed by atoms with Crippen LogP contribution in [0.5, 0.6) is 0 Å². The van der Waals surface area contributed by atoms with Crippen molar-refractivity contribution in [1.82, 2.24) is 4.72 Å². The minimum absolute atomic E-state index is 0.346. The van der Waals surface area contributed by atoms with Crippen LogP contribution in [-0.4, -0.2) is 15.0 Å². The van der Waals surface area contributed by atoms with Crippen LogP contribution in [0.3, 0.4) is 0 Å². The maximum Gasteiger partial charge on any atom is 0.240 e. The molecule has 0 aliphatic heterocycles. The van der Waals surface area contributed by atoms with Gasteiger partial charge in [-0.3, -0.25) is 0 Å². The van der Waals surface area contributed by atoms with E-state index in [1.165, 1.54) is 25.7 Å². The van der Waals surface area contributed by atoms with Crippen LogP contribution in [-0.2, 0) is 10.0 Å². The van der Waals surface area contributed by atoms with Gasteiger partial charge in [-0.25, -0.2) is 13.1 Å². The summed E-state index contributed by atoms with van der Waals surface area (Å²) in [6.07, 6.45) is 5.15. The van der Waals surface area contributed by atoms with Gasteiger partial charge in [0, 0.05) is 11.0 Å².